The standard InChI is InChI=1S/C39H45F3N6O4/c1-5-28-31(41)10-9-23-16-27(49)17-29(33(23)28)35-34(42)36-30(19-43-35)37(46(4)21-26-8-7-13-47(26)32(50)6-2)45-38(44-36)52-22-39(3)18-24(40)20-48(39)25-11-14-51-15-12-25/h1,6,9-10,19,24-27,29,49H,2,7-8,11-18,20-22H2,3-4H3/t24-,26+,27+,29-,39+/m1/s1. The van der Waals surface area contributed by atoms with Crippen molar-refractivity contribution < 1.29 is 32.5 Å². The SMILES string of the molecule is C#Cc1c(F)ccc2c1[C@H](c1ncc3c(N(C)C[C@@H]4CCCN4C(=O)C=C)nc(OC[C@]4(C)C[C@@H](F)CN4C4CCOCC4)nc3c1F)C[C@@H](O)C2. The van der Waals surface area contributed by atoms with Crippen LogP contribution in [0.15, 0.2) is 31.0 Å². The Balaban J connectivity index is 1.29. The number of ether oxygens (including phenoxy) is 2. The van der Waals surface area contributed by atoms with Crippen molar-refractivity contribution in [2.24, 2.45) is 0 Å². The van der Waals surface area contributed by atoms with Crippen LogP contribution in [0.3, 0.4) is 0 Å². The Bertz CT molecular complexity index is 1900. The van der Waals surface area contributed by atoms with Crippen LogP contribution in [0.2, 0.25) is 0 Å². The Labute approximate surface area is 302 Å². The summed E-state index contributed by atoms with van der Waals surface area (Å²) in [4.78, 5) is 32.3. The van der Waals surface area contributed by atoms with Crippen LogP contribution in [-0.4, -0.2) is 112 Å². The summed E-state index contributed by atoms with van der Waals surface area (Å²) >= 11 is 0. The molecule has 1 amide bonds. The maximum Gasteiger partial charge on any atom is 0.319 e. The molecule has 0 radical (unpaired) electrons. The van der Waals surface area contributed by atoms with Gasteiger partial charge in [0.25, 0.3) is 0 Å². The quantitative estimate of drug-likeness (QED) is 0.249. The molecule has 2 aromatic heterocycles. The number of hydrogen-bond acceptors (Lipinski definition) is 9. The van der Waals surface area contributed by atoms with Crippen molar-refractivity contribution in [3.8, 4) is 18.4 Å². The Hall–Kier alpha value is -4.25. The second-order valence-corrected chi connectivity index (χ2v) is 14.8. The van der Waals surface area contributed by atoms with Gasteiger partial charge in [-0.3, -0.25) is 14.7 Å². The molecule has 5 heterocycles. The molecule has 3 aromatic rings. The summed E-state index contributed by atoms with van der Waals surface area (Å²) in [5.41, 5.74) is 0.317. The molecule has 3 saturated heterocycles. The number of carbonyl (C=O) groups excluding carboxylic acids is 1. The van der Waals surface area contributed by atoms with Crippen LogP contribution in [0.25, 0.3) is 10.9 Å². The van der Waals surface area contributed by atoms with Crippen LogP contribution in [0.5, 0.6) is 6.01 Å². The number of anilines is 1. The number of aliphatic hydroxyl groups excluding tert-OH is 1. The van der Waals surface area contributed by atoms with Crippen molar-refractivity contribution in [3.63, 3.8) is 0 Å². The Morgan fingerprint density at radius 1 is 1.27 bits per heavy atom. The van der Waals surface area contributed by atoms with E-state index < -0.39 is 35.4 Å². The summed E-state index contributed by atoms with van der Waals surface area (Å²) in [5, 5.41) is 11.1. The highest BCUT2D eigenvalue weighted by Gasteiger charge is 2.46. The number of rotatable bonds is 9. The molecule has 3 fully saturated rings. The fraction of sp³-hybridized carbons (Fsp3) is 0.538. The third kappa shape index (κ3) is 6.72. The lowest BCUT2D eigenvalue weighted by Crippen LogP contribution is -2.52. The number of fused-ring (bicyclic) bond motifs is 2. The minimum atomic E-state index is -1.03. The van der Waals surface area contributed by atoms with E-state index in [0.29, 0.717) is 48.6 Å². The van der Waals surface area contributed by atoms with E-state index in [1.165, 1.54) is 18.3 Å². The molecule has 0 saturated carbocycles. The lowest BCUT2D eigenvalue weighted by molar-refractivity contribution is -0.126. The number of hydrogen-bond donors (Lipinski definition) is 1. The highest BCUT2D eigenvalue weighted by atomic mass is 19.1. The van der Waals surface area contributed by atoms with Gasteiger partial charge < -0.3 is 24.4 Å². The predicted molar refractivity (Wildman–Crippen MR) is 190 cm³/mol. The lowest BCUT2D eigenvalue weighted by Gasteiger charge is -2.41. The zero-order valence-corrected chi connectivity index (χ0v) is 29.7. The number of halogens is 3. The largest absolute Gasteiger partial charge is 0.461 e. The van der Waals surface area contributed by atoms with E-state index in [-0.39, 0.29) is 73.2 Å². The molecule has 5 atom stereocenters. The molecule has 3 aliphatic heterocycles. The van der Waals surface area contributed by atoms with Gasteiger partial charge >= 0.3 is 6.01 Å². The van der Waals surface area contributed by atoms with Crippen LogP contribution in [0.4, 0.5) is 19.0 Å². The average Bonchev–Trinajstić information content (AvgIpc) is 3.73. The first kappa shape index (κ1) is 36.1. The molecule has 0 spiro atoms. The monoisotopic (exact) mass is 718 g/mol. The fourth-order valence-corrected chi connectivity index (χ4v) is 8.85. The van der Waals surface area contributed by atoms with Crippen molar-refractivity contribution in [3.05, 3.63) is 65.0 Å². The number of benzene rings is 1. The molecule has 1 aliphatic carbocycles. The molecule has 7 rings (SSSR count). The van der Waals surface area contributed by atoms with Gasteiger partial charge in [0, 0.05) is 70.5 Å². The third-order valence-corrected chi connectivity index (χ3v) is 11.3. The number of aromatic nitrogens is 3. The van der Waals surface area contributed by atoms with Crippen LogP contribution < -0.4 is 9.64 Å². The molecule has 4 aliphatic rings. The summed E-state index contributed by atoms with van der Waals surface area (Å²) in [6.07, 6.45) is 10.5. The third-order valence-electron chi connectivity index (χ3n) is 11.3. The molecule has 0 unspecified atom stereocenters. The van der Waals surface area contributed by atoms with Crippen molar-refractivity contribution in [2.75, 3.05) is 51.4 Å². The molecule has 52 heavy (non-hydrogen) atoms. The van der Waals surface area contributed by atoms with Gasteiger partial charge in [-0.2, -0.15) is 9.97 Å². The van der Waals surface area contributed by atoms with Crippen molar-refractivity contribution in [2.45, 2.75) is 87.7 Å². The zero-order chi connectivity index (χ0) is 36.7. The topological polar surface area (TPSA) is 104 Å². The molecule has 13 heteroatoms. The van der Waals surface area contributed by atoms with E-state index in [9.17, 15) is 14.3 Å². The van der Waals surface area contributed by atoms with Gasteiger partial charge in [0.1, 0.15) is 29.9 Å². The van der Waals surface area contributed by atoms with E-state index in [1.807, 2.05) is 11.8 Å². The molecule has 10 nitrogen and oxygen atoms in total. The number of likely N-dealkylation sites (N-methyl/N-ethyl adjacent to an activating group) is 1. The molecule has 0 bridgehead atoms. The summed E-state index contributed by atoms with van der Waals surface area (Å²) in [7, 11) is 1.81. The van der Waals surface area contributed by atoms with Gasteiger partial charge in [0.2, 0.25) is 5.91 Å². The number of amides is 1. The van der Waals surface area contributed by atoms with Gasteiger partial charge in [-0.25, -0.2) is 13.2 Å². The first-order valence-electron chi connectivity index (χ1n) is 18.1. The van der Waals surface area contributed by atoms with Crippen LogP contribution >= 0.6 is 0 Å². The van der Waals surface area contributed by atoms with Gasteiger partial charge in [-0.1, -0.05) is 18.6 Å². The number of nitrogens with zero attached hydrogens (tertiary/aromatic N) is 6. The van der Waals surface area contributed by atoms with E-state index in [1.54, 1.807) is 18.0 Å². The molecule has 276 valence electrons. The zero-order valence-electron chi connectivity index (χ0n) is 29.7. The molecule has 1 aromatic carbocycles. The fourth-order valence-electron chi connectivity index (χ4n) is 8.85. The minimum Gasteiger partial charge on any atom is -0.461 e. The second-order valence-electron chi connectivity index (χ2n) is 14.8. The maximum absolute atomic E-state index is 17.0. The Kier molecular flexibility index (Phi) is 10.2. The van der Waals surface area contributed by atoms with E-state index >= 15 is 8.78 Å². The highest BCUT2D eigenvalue weighted by molar-refractivity contribution is 5.90. The highest BCUT2D eigenvalue weighted by Crippen LogP contribution is 2.42. The second kappa shape index (κ2) is 14.6. The van der Waals surface area contributed by atoms with Gasteiger partial charge in [0.05, 0.1) is 28.3 Å². The summed E-state index contributed by atoms with van der Waals surface area (Å²) in [6, 6.07) is 2.75. The van der Waals surface area contributed by atoms with Gasteiger partial charge in [0.15, 0.2) is 5.82 Å². The first-order chi connectivity index (χ1) is 25.0. The lowest BCUT2D eigenvalue weighted by atomic mass is 9.77. The first-order valence-corrected chi connectivity index (χ1v) is 18.1. The van der Waals surface area contributed by atoms with Crippen molar-refractivity contribution >= 4 is 22.6 Å². The summed E-state index contributed by atoms with van der Waals surface area (Å²) in [6.45, 7) is 8.19. The van der Waals surface area contributed by atoms with E-state index in [2.05, 4.69) is 27.4 Å². The number of likely N-dealkylation sites (tertiary alicyclic amines) is 2. The smallest absolute Gasteiger partial charge is 0.319 e. The molecule has 1 N–H and O–H groups in total. The normalized spacial score (nSPS) is 26.7. The number of carbonyl (C=O) groups is 1. The predicted octanol–water partition coefficient (Wildman–Crippen LogP) is 4.70. The van der Waals surface area contributed by atoms with Crippen molar-refractivity contribution in [1.29, 1.82) is 0 Å². The van der Waals surface area contributed by atoms with Crippen LogP contribution in [0.1, 0.15) is 73.8 Å². The number of pyridine rings is 1. The number of aliphatic hydroxyl groups is 1. The van der Waals surface area contributed by atoms with E-state index in [4.69, 9.17) is 20.9 Å². The minimum absolute atomic E-state index is 0.0167. The number of alkyl halides is 1. The summed E-state index contributed by atoms with van der Waals surface area (Å²) in [5.74, 6) is 0.402. The van der Waals surface area contributed by atoms with Gasteiger partial charge in [-0.15, -0.1) is 6.42 Å². The average molecular weight is 719 g/mol. The Morgan fingerprint density at radius 3 is 2.81 bits per heavy atom. The van der Waals surface area contributed by atoms with Gasteiger partial charge in [-0.05, 0) is 68.7 Å². The Morgan fingerprint density at radius 2 is 2.06 bits per heavy atom. The maximum atomic E-state index is 17.0. The van der Waals surface area contributed by atoms with Crippen molar-refractivity contribution in [1.82, 2.24) is 24.8 Å². The summed E-state index contributed by atoms with van der Waals surface area (Å²) < 4.78 is 58.9. The molecular formula is C39H45F3N6O4. The van der Waals surface area contributed by atoms with E-state index in [0.717, 1.165) is 25.7 Å². The number of terminal acetylenes is 1. The van der Waals surface area contributed by atoms with Crippen LogP contribution in [0, 0.1) is 24.0 Å². The van der Waals surface area contributed by atoms with Crippen LogP contribution in [-0.2, 0) is 16.0 Å². The molecular weight excluding hydrogens is 673 g/mol.